The van der Waals surface area contributed by atoms with E-state index in [1.54, 1.807) is 18.9 Å². The van der Waals surface area contributed by atoms with Gasteiger partial charge in [-0.05, 0) is 47.1 Å². The summed E-state index contributed by atoms with van der Waals surface area (Å²) in [6.45, 7) is 6.16. The molecular formula is C13H24N2O3. The summed E-state index contributed by atoms with van der Waals surface area (Å²) < 4.78 is 4.94. The predicted octanol–water partition coefficient (Wildman–Crippen LogP) is 0.929. The molecule has 1 N–H and O–H groups in total. The molecule has 1 heterocycles. The quantitative estimate of drug-likeness (QED) is 0.760. The molecular weight excluding hydrogens is 232 g/mol. The molecule has 1 rings (SSSR count). The molecule has 1 amide bonds. The van der Waals surface area contributed by atoms with Crippen molar-refractivity contribution in [1.82, 2.24) is 10.2 Å². The molecule has 1 aliphatic rings. The van der Waals surface area contributed by atoms with Gasteiger partial charge in [0.1, 0.15) is 6.54 Å². The van der Waals surface area contributed by atoms with E-state index in [9.17, 15) is 9.59 Å². The van der Waals surface area contributed by atoms with Crippen LogP contribution in [0.4, 0.5) is 0 Å². The Morgan fingerprint density at radius 2 is 2.22 bits per heavy atom. The van der Waals surface area contributed by atoms with Gasteiger partial charge >= 0.3 is 5.97 Å². The predicted molar refractivity (Wildman–Crippen MR) is 69.1 cm³/mol. The Morgan fingerprint density at radius 3 is 2.78 bits per heavy atom. The summed E-state index contributed by atoms with van der Waals surface area (Å²) >= 11 is 0. The van der Waals surface area contributed by atoms with Crippen molar-refractivity contribution in [3.8, 4) is 0 Å². The van der Waals surface area contributed by atoms with E-state index in [2.05, 4.69) is 5.32 Å². The Kier molecular flexibility index (Phi) is 5.14. The molecule has 1 aliphatic heterocycles. The highest BCUT2D eigenvalue weighted by molar-refractivity contribution is 5.86. The summed E-state index contributed by atoms with van der Waals surface area (Å²) in [6, 6.07) is -0.193. The first kappa shape index (κ1) is 15.0. The van der Waals surface area contributed by atoms with Crippen molar-refractivity contribution in [1.29, 1.82) is 0 Å². The van der Waals surface area contributed by atoms with Gasteiger partial charge in [-0.15, -0.1) is 0 Å². The van der Waals surface area contributed by atoms with E-state index >= 15 is 0 Å². The molecule has 0 spiro atoms. The lowest BCUT2D eigenvalue weighted by Gasteiger charge is -2.37. The Labute approximate surface area is 109 Å². The van der Waals surface area contributed by atoms with E-state index in [-0.39, 0.29) is 30.0 Å². The van der Waals surface area contributed by atoms with Crippen LogP contribution in [0.1, 0.15) is 40.0 Å². The fourth-order valence-electron chi connectivity index (χ4n) is 2.38. The molecule has 0 aromatic heterocycles. The van der Waals surface area contributed by atoms with Gasteiger partial charge in [-0.2, -0.15) is 0 Å². The van der Waals surface area contributed by atoms with E-state index in [0.29, 0.717) is 6.61 Å². The van der Waals surface area contributed by atoms with Crippen LogP contribution in [0, 0.1) is 0 Å². The highest BCUT2D eigenvalue weighted by Crippen LogP contribution is 2.27. The van der Waals surface area contributed by atoms with Gasteiger partial charge in [0.25, 0.3) is 0 Å². The van der Waals surface area contributed by atoms with Crippen molar-refractivity contribution in [2.45, 2.75) is 51.6 Å². The number of nitrogens with zero attached hydrogens (tertiary/aromatic N) is 1. The molecule has 0 bridgehead atoms. The lowest BCUT2D eigenvalue weighted by atomic mass is 9.97. The van der Waals surface area contributed by atoms with Gasteiger partial charge in [-0.25, -0.2) is 0 Å². The first-order valence-electron chi connectivity index (χ1n) is 6.56. The topological polar surface area (TPSA) is 58.6 Å². The van der Waals surface area contributed by atoms with Crippen molar-refractivity contribution in [3.05, 3.63) is 0 Å². The third-order valence-corrected chi connectivity index (χ3v) is 3.52. The van der Waals surface area contributed by atoms with Crippen molar-refractivity contribution in [2.75, 3.05) is 20.2 Å². The Hall–Kier alpha value is -1.10. The largest absolute Gasteiger partial charge is 0.465 e. The van der Waals surface area contributed by atoms with E-state index in [1.807, 2.05) is 13.8 Å². The maximum absolute atomic E-state index is 12.4. The number of rotatable bonds is 4. The summed E-state index contributed by atoms with van der Waals surface area (Å²) in [5, 5.41) is 3.02. The molecule has 0 aromatic carbocycles. The molecule has 18 heavy (non-hydrogen) atoms. The average Bonchev–Trinajstić information content (AvgIpc) is 2.40. The van der Waals surface area contributed by atoms with Crippen LogP contribution in [0.3, 0.4) is 0 Å². The van der Waals surface area contributed by atoms with Crippen molar-refractivity contribution >= 4 is 11.9 Å². The molecule has 0 radical (unpaired) electrons. The second-order valence-electron chi connectivity index (χ2n) is 5.28. The minimum Gasteiger partial charge on any atom is -0.465 e. The number of likely N-dealkylation sites (tertiary alicyclic amines) is 1. The van der Waals surface area contributed by atoms with E-state index in [4.69, 9.17) is 4.74 Å². The van der Waals surface area contributed by atoms with Gasteiger partial charge < -0.3 is 15.0 Å². The van der Waals surface area contributed by atoms with E-state index in [1.165, 1.54) is 0 Å². The van der Waals surface area contributed by atoms with Crippen LogP contribution in [0.2, 0.25) is 0 Å². The number of carbonyl (C=O) groups excluding carboxylic acids is 2. The van der Waals surface area contributed by atoms with Gasteiger partial charge in [-0.3, -0.25) is 9.59 Å². The Balaban J connectivity index is 2.85. The van der Waals surface area contributed by atoms with E-state index in [0.717, 1.165) is 19.3 Å². The number of nitrogens with one attached hydrogen (secondary N) is 1. The van der Waals surface area contributed by atoms with Gasteiger partial charge in [0.05, 0.1) is 12.6 Å². The minimum atomic E-state index is -0.337. The first-order chi connectivity index (χ1) is 8.42. The normalized spacial score (nSPS) is 23.7. The number of hydrogen-bond donors (Lipinski definition) is 1. The number of esters is 1. The zero-order valence-electron chi connectivity index (χ0n) is 11.8. The Bertz CT molecular complexity index is 315. The van der Waals surface area contributed by atoms with Crippen molar-refractivity contribution in [3.63, 3.8) is 0 Å². The van der Waals surface area contributed by atoms with Crippen LogP contribution in [0.5, 0.6) is 0 Å². The fraction of sp³-hybridized carbons (Fsp3) is 0.846. The monoisotopic (exact) mass is 256 g/mol. The van der Waals surface area contributed by atoms with Gasteiger partial charge in [0.15, 0.2) is 0 Å². The first-order valence-corrected chi connectivity index (χ1v) is 6.56. The Morgan fingerprint density at radius 1 is 1.56 bits per heavy atom. The standard InChI is InChI=1S/C13H24N2O3/c1-5-18-11(16)9-15-12(17)10(14-4)7-6-8-13(15,2)3/h10,14H,5-9H2,1-4H3. The molecule has 104 valence electrons. The zero-order chi connectivity index (χ0) is 13.8. The van der Waals surface area contributed by atoms with E-state index < -0.39 is 0 Å². The highest BCUT2D eigenvalue weighted by Gasteiger charge is 2.38. The van der Waals surface area contributed by atoms with Crippen LogP contribution >= 0.6 is 0 Å². The minimum absolute atomic E-state index is 0.00643. The highest BCUT2D eigenvalue weighted by atomic mass is 16.5. The molecule has 1 saturated heterocycles. The third-order valence-electron chi connectivity index (χ3n) is 3.52. The molecule has 5 nitrogen and oxygen atoms in total. The number of ether oxygens (including phenoxy) is 1. The van der Waals surface area contributed by atoms with Gasteiger partial charge in [0.2, 0.25) is 5.91 Å². The number of amides is 1. The average molecular weight is 256 g/mol. The fourth-order valence-corrected chi connectivity index (χ4v) is 2.38. The summed E-state index contributed by atoms with van der Waals surface area (Å²) in [5.74, 6) is -0.344. The van der Waals surface area contributed by atoms with Gasteiger partial charge in [-0.1, -0.05) is 0 Å². The maximum atomic E-state index is 12.4. The smallest absolute Gasteiger partial charge is 0.325 e. The summed E-state index contributed by atoms with van der Waals surface area (Å²) in [6.07, 6.45) is 2.69. The molecule has 0 aliphatic carbocycles. The van der Waals surface area contributed by atoms with Crippen molar-refractivity contribution < 1.29 is 14.3 Å². The van der Waals surface area contributed by atoms with Gasteiger partial charge in [0, 0.05) is 5.54 Å². The SMILES string of the molecule is CCOC(=O)CN1C(=O)C(NC)CCCC1(C)C. The lowest BCUT2D eigenvalue weighted by molar-refractivity contribution is -0.153. The maximum Gasteiger partial charge on any atom is 0.325 e. The van der Waals surface area contributed by atoms with Crippen LogP contribution in [-0.2, 0) is 14.3 Å². The summed E-state index contributed by atoms with van der Waals surface area (Å²) in [5.41, 5.74) is -0.296. The molecule has 1 atom stereocenters. The second kappa shape index (κ2) is 6.18. The summed E-state index contributed by atoms with van der Waals surface area (Å²) in [7, 11) is 1.78. The number of hydrogen-bond acceptors (Lipinski definition) is 4. The second-order valence-corrected chi connectivity index (χ2v) is 5.28. The number of likely N-dealkylation sites (N-methyl/N-ethyl adjacent to an activating group) is 1. The number of carbonyl (C=O) groups is 2. The molecule has 1 unspecified atom stereocenters. The lowest BCUT2D eigenvalue weighted by Crippen LogP contribution is -2.54. The van der Waals surface area contributed by atoms with Crippen LogP contribution in [0.15, 0.2) is 0 Å². The molecule has 0 saturated carbocycles. The van der Waals surface area contributed by atoms with Crippen LogP contribution in [-0.4, -0.2) is 48.6 Å². The summed E-state index contributed by atoms with van der Waals surface area (Å²) in [4.78, 5) is 25.7. The molecule has 5 heteroatoms. The zero-order valence-corrected chi connectivity index (χ0v) is 11.8. The van der Waals surface area contributed by atoms with Crippen LogP contribution < -0.4 is 5.32 Å². The van der Waals surface area contributed by atoms with Crippen LogP contribution in [0.25, 0.3) is 0 Å². The van der Waals surface area contributed by atoms with Crippen molar-refractivity contribution in [2.24, 2.45) is 0 Å². The third kappa shape index (κ3) is 3.45. The molecule has 1 fully saturated rings. The molecule has 0 aromatic rings.